The summed E-state index contributed by atoms with van der Waals surface area (Å²) in [6.45, 7) is 9.03. The number of rotatable bonds is 5. The van der Waals surface area contributed by atoms with Gasteiger partial charge in [-0.2, -0.15) is 0 Å². The van der Waals surface area contributed by atoms with Crippen LogP contribution in [0.3, 0.4) is 0 Å². The van der Waals surface area contributed by atoms with Gasteiger partial charge in [-0.1, -0.05) is 0 Å². The van der Waals surface area contributed by atoms with E-state index >= 15 is 0 Å². The highest BCUT2D eigenvalue weighted by atomic mass is 16.5. The Bertz CT molecular complexity index is 568. The molecule has 3 heterocycles. The molecule has 0 aromatic carbocycles. The monoisotopic (exact) mass is 379 g/mol. The molecule has 1 atom stereocenters. The number of aliphatic imine (C=N–C) groups is 1. The number of carbonyl (C=O) groups excluding carboxylic acids is 2. The highest BCUT2D eigenvalue weighted by molar-refractivity contribution is 6.07. The van der Waals surface area contributed by atoms with Crippen molar-refractivity contribution < 1.29 is 14.3 Å². The molecule has 3 rings (SSSR count). The molecule has 3 amide bonds. The molecule has 3 saturated heterocycles. The van der Waals surface area contributed by atoms with Gasteiger partial charge in [0.15, 0.2) is 5.96 Å². The van der Waals surface area contributed by atoms with Crippen molar-refractivity contribution in [3.05, 3.63) is 0 Å². The van der Waals surface area contributed by atoms with Gasteiger partial charge in [0.05, 0.1) is 0 Å². The molecule has 8 heteroatoms. The highest BCUT2D eigenvalue weighted by Crippen LogP contribution is 2.30. The van der Waals surface area contributed by atoms with Crippen LogP contribution in [0.1, 0.15) is 46.0 Å². The first kappa shape index (κ1) is 19.9. The Balaban J connectivity index is 1.52. The van der Waals surface area contributed by atoms with Crippen LogP contribution in [0.25, 0.3) is 0 Å². The van der Waals surface area contributed by atoms with Gasteiger partial charge in [0.2, 0.25) is 0 Å². The molecule has 27 heavy (non-hydrogen) atoms. The van der Waals surface area contributed by atoms with Crippen molar-refractivity contribution in [2.75, 3.05) is 39.4 Å². The molecule has 3 fully saturated rings. The average molecular weight is 380 g/mol. The van der Waals surface area contributed by atoms with Crippen LogP contribution >= 0.6 is 0 Å². The van der Waals surface area contributed by atoms with Crippen molar-refractivity contribution in [2.24, 2.45) is 16.8 Å². The molecule has 0 bridgehead atoms. The molecule has 0 radical (unpaired) electrons. The second-order valence-electron chi connectivity index (χ2n) is 7.95. The number of likely N-dealkylation sites (tertiary alicyclic amines) is 1. The van der Waals surface area contributed by atoms with Gasteiger partial charge in [-0.25, -0.2) is 4.79 Å². The molecule has 8 nitrogen and oxygen atoms in total. The Morgan fingerprint density at radius 1 is 1.26 bits per heavy atom. The van der Waals surface area contributed by atoms with E-state index in [1.807, 2.05) is 6.92 Å². The number of hydrogen-bond acceptors (Lipinski definition) is 4. The first-order valence-electron chi connectivity index (χ1n) is 10.3. The first-order valence-corrected chi connectivity index (χ1v) is 10.3. The number of imide groups is 1. The predicted molar refractivity (Wildman–Crippen MR) is 104 cm³/mol. The number of guanidine groups is 1. The zero-order valence-electron chi connectivity index (χ0n) is 16.6. The maximum absolute atomic E-state index is 12.2. The molecule has 0 aromatic heterocycles. The summed E-state index contributed by atoms with van der Waals surface area (Å²) in [5.74, 6) is 1.63. The number of nitrogens with zero attached hydrogens (tertiary/aromatic N) is 2. The average Bonchev–Trinajstić information content (AvgIpc) is 2.95. The standard InChI is InChI=1S/C19H33N5O3/c1-3-20-17(21-9-4-14-7-12-27-13-8-14)24-10-5-15(6-11-24)19(2)16(25)22-18(26)23-19/h14-15H,3-13H2,1-2H3,(H,20,21)(H2,22,23,25,26). The summed E-state index contributed by atoms with van der Waals surface area (Å²) in [5, 5.41) is 8.59. The fourth-order valence-electron chi connectivity index (χ4n) is 4.33. The lowest BCUT2D eigenvalue weighted by molar-refractivity contribution is -0.125. The Morgan fingerprint density at radius 3 is 2.56 bits per heavy atom. The van der Waals surface area contributed by atoms with E-state index in [1.165, 1.54) is 0 Å². The lowest BCUT2D eigenvalue weighted by atomic mass is 9.79. The minimum Gasteiger partial charge on any atom is -0.381 e. The summed E-state index contributed by atoms with van der Waals surface area (Å²) in [7, 11) is 0. The summed E-state index contributed by atoms with van der Waals surface area (Å²) in [5.41, 5.74) is -0.790. The first-order chi connectivity index (χ1) is 13.0. The Morgan fingerprint density at radius 2 is 1.96 bits per heavy atom. The van der Waals surface area contributed by atoms with Gasteiger partial charge in [-0.05, 0) is 57.8 Å². The normalized spacial score (nSPS) is 28.2. The molecule has 3 aliphatic heterocycles. The van der Waals surface area contributed by atoms with Gasteiger partial charge in [0.1, 0.15) is 5.54 Å². The van der Waals surface area contributed by atoms with Gasteiger partial charge >= 0.3 is 6.03 Å². The molecule has 3 aliphatic rings. The van der Waals surface area contributed by atoms with Crippen molar-refractivity contribution in [3.8, 4) is 0 Å². The lowest BCUT2D eigenvalue weighted by Crippen LogP contribution is -2.55. The smallest absolute Gasteiger partial charge is 0.322 e. The van der Waals surface area contributed by atoms with E-state index in [0.29, 0.717) is 0 Å². The van der Waals surface area contributed by atoms with E-state index in [-0.39, 0.29) is 17.9 Å². The third-order valence-electron chi connectivity index (χ3n) is 6.16. The summed E-state index contributed by atoms with van der Waals surface area (Å²) < 4.78 is 5.42. The van der Waals surface area contributed by atoms with Crippen molar-refractivity contribution >= 4 is 17.9 Å². The number of amides is 3. The number of hydrogen-bond donors (Lipinski definition) is 3. The molecular weight excluding hydrogens is 346 g/mol. The summed E-state index contributed by atoms with van der Waals surface area (Å²) >= 11 is 0. The SMILES string of the molecule is CCNC(=NCCC1CCOCC1)N1CCC(C2(C)NC(=O)NC2=O)CC1. The number of piperidine rings is 1. The van der Waals surface area contributed by atoms with Gasteiger partial charge in [-0.15, -0.1) is 0 Å². The second-order valence-corrected chi connectivity index (χ2v) is 7.95. The van der Waals surface area contributed by atoms with Crippen molar-refractivity contribution in [1.29, 1.82) is 0 Å². The van der Waals surface area contributed by atoms with Crippen LogP contribution in [-0.2, 0) is 9.53 Å². The molecular formula is C19H33N5O3. The predicted octanol–water partition coefficient (Wildman–Crippen LogP) is 1.08. The highest BCUT2D eigenvalue weighted by Gasteiger charge is 2.48. The summed E-state index contributed by atoms with van der Waals surface area (Å²) in [6.07, 6.45) is 5.11. The number of carbonyl (C=O) groups is 2. The van der Waals surface area contributed by atoms with Gasteiger partial charge < -0.3 is 20.3 Å². The Labute approximate surface area is 161 Å². The van der Waals surface area contributed by atoms with Crippen LogP contribution in [0, 0.1) is 11.8 Å². The molecule has 1 unspecified atom stereocenters. The maximum Gasteiger partial charge on any atom is 0.322 e. The van der Waals surface area contributed by atoms with Crippen LogP contribution in [0.2, 0.25) is 0 Å². The minimum absolute atomic E-state index is 0.144. The third-order valence-corrected chi connectivity index (χ3v) is 6.16. The van der Waals surface area contributed by atoms with Crippen molar-refractivity contribution in [2.45, 2.75) is 51.5 Å². The van der Waals surface area contributed by atoms with Crippen LogP contribution in [-0.4, -0.2) is 67.7 Å². The Kier molecular flexibility index (Phi) is 6.57. The summed E-state index contributed by atoms with van der Waals surface area (Å²) in [4.78, 5) is 30.8. The number of urea groups is 1. The zero-order chi connectivity index (χ0) is 19.3. The van der Waals surface area contributed by atoms with E-state index in [4.69, 9.17) is 9.73 Å². The maximum atomic E-state index is 12.2. The van der Waals surface area contributed by atoms with E-state index in [2.05, 4.69) is 27.8 Å². The van der Waals surface area contributed by atoms with Crippen LogP contribution in [0.15, 0.2) is 4.99 Å². The van der Waals surface area contributed by atoms with E-state index in [9.17, 15) is 9.59 Å². The molecule has 0 spiro atoms. The largest absolute Gasteiger partial charge is 0.381 e. The Hall–Kier alpha value is -1.83. The molecule has 0 saturated carbocycles. The quantitative estimate of drug-likeness (QED) is 0.377. The fraction of sp³-hybridized carbons (Fsp3) is 0.842. The molecule has 152 valence electrons. The van der Waals surface area contributed by atoms with Crippen molar-refractivity contribution in [3.63, 3.8) is 0 Å². The fourth-order valence-corrected chi connectivity index (χ4v) is 4.33. The van der Waals surface area contributed by atoms with E-state index < -0.39 is 5.54 Å². The van der Waals surface area contributed by atoms with Crippen LogP contribution in [0.4, 0.5) is 4.79 Å². The van der Waals surface area contributed by atoms with E-state index in [0.717, 1.165) is 83.4 Å². The van der Waals surface area contributed by atoms with E-state index in [1.54, 1.807) is 0 Å². The lowest BCUT2D eigenvalue weighted by Gasteiger charge is -2.39. The topological polar surface area (TPSA) is 95.1 Å². The number of nitrogens with one attached hydrogen (secondary N) is 3. The minimum atomic E-state index is -0.790. The molecule has 3 N–H and O–H groups in total. The number of ether oxygens (including phenoxy) is 1. The molecule has 0 aliphatic carbocycles. The third kappa shape index (κ3) is 4.72. The van der Waals surface area contributed by atoms with Gasteiger partial charge in [-0.3, -0.25) is 15.1 Å². The second kappa shape index (κ2) is 8.91. The zero-order valence-corrected chi connectivity index (χ0v) is 16.6. The van der Waals surface area contributed by atoms with Crippen LogP contribution in [0.5, 0.6) is 0 Å². The van der Waals surface area contributed by atoms with Gasteiger partial charge in [0, 0.05) is 39.4 Å². The van der Waals surface area contributed by atoms with Crippen LogP contribution < -0.4 is 16.0 Å². The van der Waals surface area contributed by atoms with Crippen molar-refractivity contribution in [1.82, 2.24) is 20.9 Å². The molecule has 0 aromatic rings. The van der Waals surface area contributed by atoms with Gasteiger partial charge in [0.25, 0.3) is 5.91 Å². The summed E-state index contributed by atoms with van der Waals surface area (Å²) in [6, 6.07) is -0.382.